The maximum absolute atomic E-state index is 12.3. The summed E-state index contributed by atoms with van der Waals surface area (Å²) in [5.41, 5.74) is -0.599. The number of ketones is 1. The molecule has 0 aromatic rings. The number of carbonyl (C=O) groups is 3. The highest BCUT2D eigenvalue weighted by molar-refractivity contribution is 6.03. The fourth-order valence-electron chi connectivity index (χ4n) is 2.92. The molecule has 1 saturated heterocycles. The number of methoxy groups -OCH3 is 1. The molecule has 6 heteroatoms. The second kappa shape index (κ2) is 5.07. The highest BCUT2D eigenvalue weighted by Gasteiger charge is 2.50. The molecule has 0 spiro atoms. The molecule has 2 bridgehead atoms. The van der Waals surface area contributed by atoms with Gasteiger partial charge in [-0.3, -0.25) is 14.5 Å². The summed E-state index contributed by atoms with van der Waals surface area (Å²) < 4.78 is 9.99. The number of likely N-dealkylation sites (tertiary alicyclic amines) is 1. The van der Waals surface area contributed by atoms with Crippen molar-refractivity contribution in [2.75, 3.05) is 13.7 Å². The Morgan fingerprint density at radius 2 is 1.90 bits per heavy atom. The lowest BCUT2D eigenvalue weighted by atomic mass is 9.81. The summed E-state index contributed by atoms with van der Waals surface area (Å²) in [5.74, 6) is -1.31. The zero-order chi connectivity index (χ0) is 15.1. The molecule has 1 amide bonds. The third-order valence-electron chi connectivity index (χ3n) is 3.74. The second-order valence-corrected chi connectivity index (χ2v) is 6.46. The normalized spacial score (nSPS) is 29.3. The molecule has 0 aromatic carbocycles. The molecule has 6 nitrogen and oxygen atoms in total. The van der Waals surface area contributed by atoms with Crippen LogP contribution in [-0.2, 0) is 19.1 Å². The van der Waals surface area contributed by atoms with Crippen LogP contribution in [0.4, 0.5) is 4.79 Å². The molecule has 112 valence electrons. The van der Waals surface area contributed by atoms with Crippen LogP contribution in [0.2, 0.25) is 0 Å². The summed E-state index contributed by atoms with van der Waals surface area (Å²) in [6, 6.07) is -0.548. The van der Waals surface area contributed by atoms with Crippen molar-refractivity contribution < 1.29 is 23.9 Å². The standard InChI is InChI=1S/C14H21NO5/c1-14(2,3)20-13(18)15-7-8-5-9(12(17)19-4)11(16)10(15)6-8/h8-10H,5-7H2,1-4H3/t8-,9?,10-/m0/s1. The van der Waals surface area contributed by atoms with Gasteiger partial charge in [0.15, 0.2) is 5.78 Å². The van der Waals surface area contributed by atoms with Crippen LogP contribution in [-0.4, -0.2) is 48.0 Å². The van der Waals surface area contributed by atoms with E-state index in [1.807, 2.05) is 0 Å². The van der Waals surface area contributed by atoms with Crippen molar-refractivity contribution >= 4 is 17.8 Å². The summed E-state index contributed by atoms with van der Waals surface area (Å²) in [7, 11) is 1.28. The van der Waals surface area contributed by atoms with Crippen molar-refractivity contribution in [2.24, 2.45) is 11.8 Å². The van der Waals surface area contributed by atoms with Crippen LogP contribution in [0.1, 0.15) is 33.6 Å². The summed E-state index contributed by atoms with van der Waals surface area (Å²) >= 11 is 0. The zero-order valence-electron chi connectivity index (χ0n) is 12.3. The zero-order valence-corrected chi connectivity index (χ0v) is 12.3. The fraction of sp³-hybridized carbons (Fsp3) is 0.786. The summed E-state index contributed by atoms with van der Waals surface area (Å²) in [5, 5.41) is 0. The van der Waals surface area contributed by atoms with E-state index in [1.165, 1.54) is 12.0 Å². The van der Waals surface area contributed by atoms with Gasteiger partial charge in [-0.05, 0) is 39.5 Å². The maximum atomic E-state index is 12.3. The first kappa shape index (κ1) is 14.8. The molecular formula is C14H21NO5. The number of esters is 1. The van der Waals surface area contributed by atoms with Crippen LogP contribution in [0.5, 0.6) is 0 Å². The van der Waals surface area contributed by atoms with Gasteiger partial charge in [-0.1, -0.05) is 0 Å². The first-order chi connectivity index (χ1) is 9.23. The molecule has 1 aliphatic heterocycles. The van der Waals surface area contributed by atoms with Gasteiger partial charge >= 0.3 is 12.1 Å². The molecule has 20 heavy (non-hydrogen) atoms. The first-order valence-electron chi connectivity index (χ1n) is 6.84. The minimum atomic E-state index is -0.740. The maximum Gasteiger partial charge on any atom is 0.410 e. The molecule has 1 saturated carbocycles. The van der Waals surface area contributed by atoms with E-state index in [-0.39, 0.29) is 11.7 Å². The Kier molecular flexibility index (Phi) is 3.75. The fourth-order valence-corrected chi connectivity index (χ4v) is 2.92. The van der Waals surface area contributed by atoms with E-state index < -0.39 is 29.6 Å². The molecule has 1 aliphatic carbocycles. The summed E-state index contributed by atoms with van der Waals surface area (Å²) in [6.07, 6.45) is 0.594. The van der Waals surface area contributed by atoms with E-state index in [4.69, 9.17) is 4.74 Å². The number of nitrogens with zero attached hydrogens (tertiary/aromatic N) is 1. The number of fused-ring (bicyclic) bond motifs is 2. The van der Waals surface area contributed by atoms with Gasteiger partial charge in [0.05, 0.1) is 13.2 Å². The number of hydrogen-bond donors (Lipinski definition) is 0. The average Bonchev–Trinajstić information content (AvgIpc) is 2.70. The minimum absolute atomic E-state index is 0.161. The van der Waals surface area contributed by atoms with Gasteiger partial charge in [-0.15, -0.1) is 0 Å². The van der Waals surface area contributed by atoms with E-state index in [0.29, 0.717) is 19.4 Å². The Morgan fingerprint density at radius 3 is 2.45 bits per heavy atom. The Hall–Kier alpha value is -1.59. The topological polar surface area (TPSA) is 72.9 Å². The number of amides is 1. The van der Waals surface area contributed by atoms with E-state index in [1.54, 1.807) is 20.8 Å². The predicted octanol–water partition coefficient (Wildman–Crippen LogP) is 1.37. The van der Waals surface area contributed by atoms with Crippen molar-refractivity contribution in [3.8, 4) is 0 Å². The SMILES string of the molecule is COC(=O)C1C[C@H]2C[C@@H](C1=O)N(C(=O)OC(C)(C)C)C2. The number of rotatable bonds is 1. The van der Waals surface area contributed by atoms with Crippen molar-refractivity contribution in [1.82, 2.24) is 4.90 Å². The van der Waals surface area contributed by atoms with Gasteiger partial charge in [0.1, 0.15) is 11.5 Å². The third-order valence-corrected chi connectivity index (χ3v) is 3.74. The second-order valence-electron chi connectivity index (χ2n) is 6.46. The molecule has 1 heterocycles. The van der Waals surface area contributed by atoms with Crippen LogP contribution < -0.4 is 0 Å². The van der Waals surface area contributed by atoms with E-state index in [9.17, 15) is 14.4 Å². The average molecular weight is 283 g/mol. The number of Topliss-reactive ketones (excluding diaryl/α,β-unsaturated/α-hetero) is 1. The lowest BCUT2D eigenvalue weighted by Crippen LogP contribution is -2.46. The van der Waals surface area contributed by atoms with Gasteiger partial charge in [0.2, 0.25) is 0 Å². The Labute approximate surface area is 118 Å². The molecule has 0 N–H and O–H groups in total. The number of carbonyl (C=O) groups excluding carboxylic acids is 3. The van der Waals surface area contributed by atoms with E-state index >= 15 is 0 Å². The highest BCUT2D eigenvalue weighted by atomic mass is 16.6. The molecule has 0 aromatic heterocycles. The van der Waals surface area contributed by atoms with Crippen molar-refractivity contribution in [1.29, 1.82) is 0 Å². The molecule has 2 fully saturated rings. The van der Waals surface area contributed by atoms with Crippen molar-refractivity contribution in [3.63, 3.8) is 0 Å². The molecule has 2 aliphatic rings. The third kappa shape index (κ3) is 2.78. The molecule has 3 atom stereocenters. The van der Waals surface area contributed by atoms with Gasteiger partial charge in [0, 0.05) is 6.54 Å². The Bertz CT molecular complexity index is 439. The number of hydrogen-bond acceptors (Lipinski definition) is 5. The van der Waals surface area contributed by atoms with E-state index in [0.717, 1.165) is 0 Å². The molecule has 1 unspecified atom stereocenters. The lowest BCUT2D eigenvalue weighted by Gasteiger charge is -2.29. The smallest absolute Gasteiger partial charge is 0.410 e. The number of ether oxygens (including phenoxy) is 2. The predicted molar refractivity (Wildman–Crippen MR) is 70.0 cm³/mol. The lowest BCUT2D eigenvalue weighted by molar-refractivity contribution is -0.152. The van der Waals surface area contributed by atoms with Crippen molar-refractivity contribution in [3.05, 3.63) is 0 Å². The van der Waals surface area contributed by atoms with Crippen LogP contribution in [0.3, 0.4) is 0 Å². The van der Waals surface area contributed by atoms with Crippen LogP contribution in [0.25, 0.3) is 0 Å². The summed E-state index contributed by atoms with van der Waals surface area (Å²) in [4.78, 5) is 37.5. The van der Waals surface area contributed by atoms with Gasteiger partial charge < -0.3 is 9.47 Å². The van der Waals surface area contributed by atoms with Crippen LogP contribution in [0, 0.1) is 11.8 Å². The Balaban J connectivity index is 2.12. The summed E-state index contributed by atoms with van der Waals surface area (Å²) in [6.45, 7) is 5.82. The quantitative estimate of drug-likeness (QED) is 0.537. The van der Waals surface area contributed by atoms with Gasteiger partial charge in [-0.2, -0.15) is 0 Å². The first-order valence-corrected chi connectivity index (χ1v) is 6.84. The van der Waals surface area contributed by atoms with Crippen LogP contribution >= 0.6 is 0 Å². The van der Waals surface area contributed by atoms with Gasteiger partial charge in [0.25, 0.3) is 0 Å². The monoisotopic (exact) mass is 283 g/mol. The van der Waals surface area contributed by atoms with Crippen molar-refractivity contribution in [2.45, 2.75) is 45.3 Å². The molecule has 0 radical (unpaired) electrons. The largest absolute Gasteiger partial charge is 0.468 e. The van der Waals surface area contributed by atoms with E-state index in [2.05, 4.69) is 4.74 Å². The molecular weight excluding hydrogens is 262 g/mol. The van der Waals surface area contributed by atoms with Gasteiger partial charge in [-0.25, -0.2) is 4.79 Å². The molecule has 2 rings (SSSR count). The van der Waals surface area contributed by atoms with Crippen LogP contribution in [0.15, 0.2) is 0 Å². The Morgan fingerprint density at radius 1 is 1.25 bits per heavy atom. The highest BCUT2D eigenvalue weighted by Crippen LogP contribution is 2.37. The minimum Gasteiger partial charge on any atom is -0.468 e.